The number of aliphatic hydroxyl groups is 1. The van der Waals surface area contributed by atoms with Crippen molar-refractivity contribution in [1.29, 1.82) is 0 Å². The first-order valence-electron chi connectivity index (χ1n) is 6.29. The summed E-state index contributed by atoms with van der Waals surface area (Å²) in [6, 6.07) is 0.0347. The van der Waals surface area contributed by atoms with E-state index in [0.29, 0.717) is 18.3 Å². The minimum Gasteiger partial charge on any atom is -0.393 e. The van der Waals surface area contributed by atoms with Crippen LogP contribution in [0.25, 0.3) is 0 Å². The fraction of sp³-hybridized carbons (Fsp3) is 0.833. The van der Waals surface area contributed by atoms with Crippen molar-refractivity contribution >= 4 is 0 Å². The van der Waals surface area contributed by atoms with Gasteiger partial charge in [0.1, 0.15) is 6.33 Å². The maximum absolute atomic E-state index is 11.9. The molecule has 0 aliphatic heterocycles. The normalized spacial score (nSPS) is 29.8. The van der Waals surface area contributed by atoms with Gasteiger partial charge in [0.05, 0.1) is 12.1 Å². The smallest absolute Gasteiger partial charge is 0.345 e. The fourth-order valence-electron chi connectivity index (χ4n) is 2.83. The molecule has 1 fully saturated rings. The van der Waals surface area contributed by atoms with Crippen molar-refractivity contribution < 1.29 is 5.11 Å². The summed E-state index contributed by atoms with van der Waals surface area (Å²) in [7, 11) is 1.70. The van der Waals surface area contributed by atoms with E-state index in [2.05, 4.69) is 18.9 Å². The molecule has 0 spiro atoms. The minimum atomic E-state index is -0.302. The summed E-state index contributed by atoms with van der Waals surface area (Å²) in [6.45, 7) is 4.34. The van der Waals surface area contributed by atoms with Crippen LogP contribution in [-0.2, 0) is 7.05 Å². The van der Waals surface area contributed by atoms with Crippen LogP contribution in [0.3, 0.4) is 0 Å². The van der Waals surface area contributed by atoms with E-state index < -0.39 is 0 Å². The van der Waals surface area contributed by atoms with Crippen LogP contribution in [0.1, 0.15) is 39.2 Å². The van der Waals surface area contributed by atoms with E-state index in [0.717, 1.165) is 12.8 Å². The Labute approximate surface area is 101 Å². The highest BCUT2D eigenvalue weighted by Gasteiger charge is 2.34. The number of nitrogens with zero attached hydrogens (tertiary/aromatic N) is 3. The molecular formula is C12H21N3O2. The molecule has 0 amide bonds. The third kappa shape index (κ3) is 2.29. The molecule has 2 rings (SSSR count). The van der Waals surface area contributed by atoms with E-state index in [4.69, 9.17) is 0 Å². The second-order valence-corrected chi connectivity index (χ2v) is 5.41. The van der Waals surface area contributed by atoms with Crippen LogP contribution in [0.4, 0.5) is 0 Å². The number of aliphatic hydroxyl groups excluding tert-OH is 1. The molecule has 1 saturated carbocycles. The average molecular weight is 239 g/mol. The largest absolute Gasteiger partial charge is 0.393 e. The second-order valence-electron chi connectivity index (χ2n) is 5.41. The van der Waals surface area contributed by atoms with Crippen molar-refractivity contribution in [2.24, 2.45) is 18.9 Å². The van der Waals surface area contributed by atoms with E-state index in [1.165, 1.54) is 4.57 Å². The van der Waals surface area contributed by atoms with E-state index in [-0.39, 0.29) is 17.8 Å². The topological polar surface area (TPSA) is 60.0 Å². The molecule has 0 saturated heterocycles. The lowest BCUT2D eigenvalue weighted by atomic mass is 9.77. The van der Waals surface area contributed by atoms with Gasteiger partial charge in [-0.15, -0.1) is 0 Å². The Bertz CT molecular complexity index is 435. The van der Waals surface area contributed by atoms with E-state index in [1.807, 2.05) is 0 Å². The van der Waals surface area contributed by atoms with Gasteiger partial charge >= 0.3 is 5.69 Å². The first kappa shape index (κ1) is 12.4. The molecule has 1 N–H and O–H groups in total. The Morgan fingerprint density at radius 1 is 1.47 bits per heavy atom. The molecule has 0 radical (unpaired) electrons. The van der Waals surface area contributed by atoms with Gasteiger partial charge in [-0.05, 0) is 31.1 Å². The number of aromatic nitrogens is 3. The summed E-state index contributed by atoms with van der Waals surface area (Å²) in [6.07, 6.45) is 3.68. The van der Waals surface area contributed by atoms with E-state index >= 15 is 0 Å². The maximum atomic E-state index is 11.9. The molecule has 1 aliphatic rings. The fourth-order valence-corrected chi connectivity index (χ4v) is 2.83. The monoisotopic (exact) mass is 239 g/mol. The van der Waals surface area contributed by atoms with Gasteiger partial charge in [-0.1, -0.05) is 13.8 Å². The Kier molecular flexibility index (Phi) is 3.38. The Hall–Kier alpha value is -1.10. The van der Waals surface area contributed by atoms with Crippen molar-refractivity contribution in [1.82, 2.24) is 14.3 Å². The van der Waals surface area contributed by atoms with Crippen molar-refractivity contribution in [2.45, 2.75) is 45.3 Å². The molecule has 1 aliphatic carbocycles. The molecule has 3 unspecified atom stereocenters. The quantitative estimate of drug-likeness (QED) is 0.835. The zero-order valence-corrected chi connectivity index (χ0v) is 10.7. The zero-order valence-electron chi connectivity index (χ0n) is 10.7. The predicted molar refractivity (Wildman–Crippen MR) is 64.7 cm³/mol. The summed E-state index contributed by atoms with van der Waals surface area (Å²) >= 11 is 0. The van der Waals surface area contributed by atoms with Crippen LogP contribution in [0, 0.1) is 11.8 Å². The van der Waals surface area contributed by atoms with Gasteiger partial charge in [0, 0.05) is 7.05 Å². The van der Waals surface area contributed by atoms with Gasteiger partial charge in [0.25, 0.3) is 0 Å². The van der Waals surface area contributed by atoms with Crippen LogP contribution < -0.4 is 5.69 Å². The SMILES string of the molecule is CC(C)C1CCC(O)CC1n1ncn(C)c1=O. The molecular weight excluding hydrogens is 218 g/mol. The summed E-state index contributed by atoms with van der Waals surface area (Å²) in [5.41, 5.74) is -0.0882. The number of aryl methyl sites for hydroxylation is 1. The first-order chi connectivity index (χ1) is 8.00. The van der Waals surface area contributed by atoms with E-state index in [1.54, 1.807) is 18.1 Å². The van der Waals surface area contributed by atoms with Crippen molar-refractivity contribution in [3.05, 3.63) is 16.8 Å². The van der Waals surface area contributed by atoms with Gasteiger partial charge in [-0.2, -0.15) is 5.10 Å². The molecule has 1 heterocycles. The summed E-state index contributed by atoms with van der Waals surface area (Å²) < 4.78 is 3.03. The Balaban J connectivity index is 2.32. The molecule has 1 aromatic rings. The van der Waals surface area contributed by atoms with Gasteiger partial charge in [-0.3, -0.25) is 4.57 Å². The lowest BCUT2D eigenvalue weighted by molar-refractivity contribution is 0.0505. The molecule has 1 aromatic heterocycles. The Morgan fingerprint density at radius 3 is 2.71 bits per heavy atom. The van der Waals surface area contributed by atoms with Crippen LogP contribution in [0.15, 0.2) is 11.1 Å². The molecule has 5 nitrogen and oxygen atoms in total. The predicted octanol–water partition coefficient (Wildman–Crippen LogP) is 0.940. The number of hydrogen-bond acceptors (Lipinski definition) is 3. The van der Waals surface area contributed by atoms with Gasteiger partial charge in [0.2, 0.25) is 0 Å². The minimum absolute atomic E-state index is 0.0347. The highest BCUT2D eigenvalue weighted by Crippen LogP contribution is 2.37. The summed E-state index contributed by atoms with van der Waals surface area (Å²) in [4.78, 5) is 11.9. The second kappa shape index (κ2) is 4.64. The highest BCUT2D eigenvalue weighted by molar-refractivity contribution is 4.86. The standard InChI is InChI=1S/C12H21N3O2/c1-8(2)10-5-4-9(16)6-11(10)15-12(17)14(3)7-13-15/h7-11,16H,4-6H2,1-3H3. The van der Waals surface area contributed by atoms with Crippen molar-refractivity contribution in [3.63, 3.8) is 0 Å². The third-order valence-corrected chi connectivity index (χ3v) is 3.86. The summed E-state index contributed by atoms with van der Waals surface area (Å²) in [5.74, 6) is 0.924. The van der Waals surface area contributed by atoms with Gasteiger partial charge < -0.3 is 5.11 Å². The molecule has 5 heteroatoms. The lowest BCUT2D eigenvalue weighted by Gasteiger charge is -2.36. The van der Waals surface area contributed by atoms with Crippen molar-refractivity contribution in [2.75, 3.05) is 0 Å². The molecule has 3 atom stereocenters. The zero-order chi connectivity index (χ0) is 12.6. The maximum Gasteiger partial charge on any atom is 0.345 e. The molecule has 96 valence electrons. The lowest BCUT2D eigenvalue weighted by Crippen LogP contribution is -2.38. The van der Waals surface area contributed by atoms with Gasteiger partial charge in [0.15, 0.2) is 0 Å². The third-order valence-electron chi connectivity index (χ3n) is 3.86. The van der Waals surface area contributed by atoms with Crippen LogP contribution in [-0.4, -0.2) is 25.6 Å². The molecule has 0 bridgehead atoms. The number of rotatable bonds is 2. The number of hydrogen-bond donors (Lipinski definition) is 1. The van der Waals surface area contributed by atoms with Crippen LogP contribution in [0.2, 0.25) is 0 Å². The average Bonchev–Trinajstić information content (AvgIpc) is 2.59. The molecule has 17 heavy (non-hydrogen) atoms. The summed E-state index contributed by atoms with van der Waals surface area (Å²) in [5, 5.41) is 14.0. The van der Waals surface area contributed by atoms with E-state index in [9.17, 15) is 9.90 Å². The van der Waals surface area contributed by atoms with Gasteiger partial charge in [-0.25, -0.2) is 9.48 Å². The molecule has 0 aromatic carbocycles. The van der Waals surface area contributed by atoms with Crippen LogP contribution >= 0.6 is 0 Å². The first-order valence-corrected chi connectivity index (χ1v) is 6.29. The van der Waals surface area contributed by atoms with Crippen molar-refractivity contribution in [3.8, 4) is 0 Å². The van der Waals surface area contributed by atoms with Crippen LogP contribution in [0.5, 0.6) is 0 Å². The highest BCUT2D eigenvalue weighted by atomic mass is 16.3. The Morgan fingerprint density at radius 2 is 2.18 bits per heavy atom.